The number of para-hydroxylation sites is 2. The lowest BCUT2D eigenvalue weighted by molar-refractivity contribution is -0.118. The predicted molar refractivity (Wildman–Crippen MR) is 94.2 cm³/mol. The fraction of sp³-hybridized carbons (Fsp3) is 0.263. The number of benzene rings is 2. The summed E-state index contributed by atoms with van der Waals surface area (Å²) in [6.07, 6.45) is 0.802. The van der Waals surface area contributed by atoms with Gasteiger partial charge in [-0.2, -0.15) is 0 Å². The number of rotatable bonds is 7. The summed E-state index contributed by atoms with van der Waals surface area (Å²) in [7, 11) is 0. The largest absolute Gasteiger partial charge is 0.481 e. The van der Waals surface area contributed by atoms with E-state index in [9.17, 15) is 14.0 Å². The fourth-order valence-electron chi connectivity index (χ4n) is 2.09. The average molecular weight is 344 g/mol. The molecule has 2 aromatic carbocycles. The van der Waals surface area contributed by atoms with Crippen molar-refractivity contribution >= 4 is 17.5 Å². The summed E-state index contributed by atoms with van der Waals surface area (Å²) in [6.45, 7) is 3.52. The van der Waals surface area contributed by atoms with Crippen LogP contribution in [-0.2, 0) is 4.79 Å². The number of anilines is 1. The molecule has 0 saturated heterocycles. The van der Waals surface area contributed by atoms with Crippen LogP contribution in [0.3, 0.4) is 0 Å². The third-order valence-corrected chi connectivity index (χ3v) is 3.63. The standard InChI is InChI=1S/C19H21FN2O3/c1-3-13(2)21-19(24)14-8-4-6-10-16(14)22-18(23)12-25-17-11-7-5-9-15(17)20/h4-11,13H,3,12H2,1-2H3,(H,21,24)(H,22,23)/t13-/m1/s1. The molecule has 132 valence electrons. The molecule has 0 bridgehead atoms. The number of halogens is 1. The van der Waals surface area contributed by atoms with Gasteiger partial charge in [-0.1, -0.05) is 31.2 Å². The van der Waals surface area contributed by atoms with Gasteiger partial charge in [0.25, 0.3) is 11.8 Å². The molecule has 0 heterocycles. The molecule has 0 fully saturated rings. The highest BCUT2D eigenvalue weighted by atomic mass is 19.1. The van der Waals surface area contributed by atoms with E-state index >= 15 is 0 Å². The number of nitrogens with one attached hydrogen (secondary N) is 2. The van der Waals surface area contributed by atoms with Gasteiger partial charge in [0.2, 0.25) is 0 Å². The summed E-state index contributed by atoms with van der Waals surface area (Å²) < 4.78 is 18.6. The number of carbonyl (C=O) groups is 2. The topological polar surface area (TPSA) is 67.4 Å². The highest BCUT2D eigenvalue weighted by Crippen LogP contribution is 2.17. The van der Waals surface area contributed by atoms with Crippen molar-refractivity contribution in [2.75, 3.05) is 11.9 Å². The number of ether oxygens (including phenoxy) is 1. The summed E-state index contributed by atoms with van der Waals surface area (Å²) >= 11 is 0. The van der Waals surface area contributed by atoms with Crippen molar-refractivity contribution in [2.45, 2.75) is 26.3 Å². The molecule has 0 radical (unpaired) electrons. The van der Waals surface area contributed by atoms with Crippen LogP contribution in [-0.4, -0.2) is 24.5 Å². The van der Waals surface area contributed by atoms with E-state index in [1.165, 1.54) is 18.2 Å². The van der Waals surface area contributed by atoms with Gasteiger partial charge in [0.15, 0.2) is 18.2 Å². The van der Waals surface area contributed by atoms with Crippen LogP contribution in [0.2, 0.25) is 0 Å². The third-order valence-electron chi connectivity index (χ3n) is 3.63. The fourth-order valence-corrected chi connectivity index (χ4v) is 2.09. The van der Waals surface area contributed by atoms with Crippen LogP contribution in [0, 0.1) is 5.82 Å². The van der Waals surface area contributed by atoms with Crippen LogP contribution < -0.4 is 15.4 Å². The van der Waals surface area contributed by atoms with E-state index < -0.39 is 11.7 Å². The molecule has 0 aromatic heterocycles. The molecule has 0 saturated carbocycles. The minimum absolute atomic E-state index is 0.000416. The lowest BCUT2D eigenvalue weighted by atomic mass is 10.1. The van der Waals surface area contributed by atoms with Gasteiger partial charge in [-0.25, -0.2) is 4.39 Å². The van der Waals surface area contributed by atoms with Crippen LogP contribution in [0.1, 0.15) is 30.6 Å². The maximum atomic E-state index is 13.5. The highest BCUT2D eigenvalue weighted by Gasteiger charge is 2.15. The van der Waals surface area contributed by atoms with Gasteiger partial charge < -0.3 is 15.4 Å². The predicted octanol–water partition coefficient (Wildman–Crippen LogP) is 3.37. The molecule has 25 heavy (non-hydrogen) atoms. The van der Waals surface area contributed by atoms with Crippen LogP contribution in [0.4, 0.5) is 10.1 Å². The SMILES string of the molecule is CC[C@@H](C)NC(=O)c1ccccc1NC(=O)COc1ccccc1F. The smallest absolute Gasteiger partial charge is 0.262 e. The van der Waals surface area contributed by atoms with Gasteiger partial charge in [0.05, 0.1) is 11.3 Å². The first-order chi connectivity index (χ1) is 12.0. The van der Waals surface area contributed by atoms with Gasteiger partial charge in [-0.05, 0) is 37.6 Å². The average Bonchev–Trinajstić information content (AvgIpc) is 2.61. The van der Waals surface area contributed by atoms with Crippen molar-refractivity contribution in [1.29, 1.82) is 0 Å². The maximum Gasteiger partial charge on any atom is 0.262 e. The van der Waals surface area contributed by atoms with Crippen molar-refractivity contribution in [1.82, 2.24) is 5.32 Å². The number of hydrogen-bond donors (Lipinski definition) is 2. The minimum Gasteiger partial charge on any atom is -0.481 e. The van der Waals surface area contributed by atoms with Gasteiger partial charge in [-0.3, -0.25) is 9.59 Å². The highest BCUT2D eigenvalue weighted by molar-refractivity contribution is 6.04. The second-order valence-corrected chi connectivity index (χ2v) is 5.60. The van der Waals surface area contributed by atoms with E-state index in [0.717, 1.165) is 6.42 Å². The van der Waals surface area contributed by atoms with Gasteiger partial charge in [0.1, 0.15) is 0 Å². The normalized spacial score (nSPS) is 11.5. The molecule has 2 amide bonds. The molecule has 0 unspecified atom stereocenters. The second-order valence-electron chi connectivity index (χ2n) is 5.60. The lowest BCUT2D eigenvalue weighted by Crippen LogP contribution is -2.33. The zero-order chi connectivity index (χ0) is 18.2. The molecular weight excluding hydrogens is 323 g/mol. The van der Waals surface area contributed by atoms with Crippen molar-refractivity contribution in [3.8, 4) is 5.75 Å². The summed E-state index contributed by atoms with van der Waals surface area (Å²) in [4.78, 5) is 24.4. The quantitative estimate of drug-likeness (QED) is 0.809. The van der Waals surface area contributed by atoms with Crippen molar-refractivity contribution in [3.05, 3.63) is 59.9 Å². The summed E-state index contributed by atoms with van der Waals surface area (Å²) in [6, 6.07) is 12.6. The first-order valence-electron chi connectivity index (χ1n) is 8.08. The van der Waals surface area contributed by atoms with Gasteiger partial charge in [-0.15, -0.1) is 0 Å². The number of carbonyl (C=O) groups excluding carboxylic acids is 2. The zero-order valence-electron chi connectivity index (χ0n) is 14.2. The van der Waals surface area contributed by atoms with E-state index in [4.69, 9.17) is 4.74 Å². The maximum absolute atomic E-state index is 13.5. The molecule has 2 rings (SSSR count). The van der Waals surface area contributed by atoms with Gasteiger partial charge in [0, 0.05) is 6.04 Å². The zero-order valence-corrected chi connectivity index (χ0v) is 14.2. The molecule has 0 aliphatic rings. The Morgan fingerprint density at radius 3 is 2.52 bits per heavy atom. The Balaban J connectivity index is 2.01. The molecule has 0 aliphatic heterocycles. The second kappa shape index (κ2) is 8.82. The van der Waals surface area contributed by atoms with E-state index in [2.05, 4.69) is 10.6 Å². The molecule has 2 N–H and O–H groups in total. The van der Waals surface area contributed by atoms with Crippen molar-refractivity contribution in [2.24, 2.45) is 0 Å². The molecule has 0 aliphatic carbocycles. The molecule has 1 atom stereocenters. The summed E-state index contributed by atoms with van der Waals surface area (Å²) in [5, 5.41) is 5.48. The Labute approximate surface area is 146 Å². The Hall–Kier alpha value is -2.89. The van der Waals surface area contributed by atoms with Crippen LogP contribution in [0.25, 0.3) is 0 Å². The number of hydrogen-bond acceptors (Lipinski definition) is 3. The van der Waals surface area contributed by atoms with Crippen molar-refractivity contribution in [3.63, 3.8) is 0 Å². The van der Waals surface area contributed by atoms with E-state index in [1.807, 2.05) is 13.8 Å². The van der Waals surface area contributed by atoms with Crippen LogP contribution >= 0.6 is 0 Å². The van der Waals surface area contributed by atoms with E-state index in [0.29, 0.717) is 11.3 Å². The van der Waals surface area contributed by atoms with E-state index in [1.54, 1.807) is 30.3 Å². The third kappa shape index (κ3) is 5.31. The minimum atomic E-state index is -0.538. The Kier molecular flexibility index (Phi) is 6.51. The number of amides is 2. The molecule has 6 heteroatoms. The molecular formula is C19H21FN2O3. The summed E-state index contributed by atoms with van der Waals surface area (Å²) in [5.74, 6) is -1.28. The van der Waals surface area contributed by atoms with Crippen LogP contribution in [0.5, 0.6) is 5.75 Å². The van der Waals surface area contributed by atoms with Crippen LogP contribution in [0.15, 0.2) is 48.5 Å². The first kappa shape index (κ1) is 18.4. The van der Waals surface area contributed by atoms with E-state index in [-0.39, 0.29) is 24.3 Å². The molecule has 0 spiro atoms. The Morgan fingerprint density at radius 2 is 1.80 bits per heavy atom. The summed E-state index contributed by atoms with van der Waals surface area (Å²) in [5.41, 5.74) is 0.743. The van der Waals surface area contributed by atoms with Crippen molar-refractivity contribution < 1.29 is 18.7 Å². The molecule has 2 aromatic rings. The lowest BCUT2D eigenvalue weighted by Gasteiger charge is -2.15. The first-order valence-corrected chi connectivity index (χ1v) is 8.08. The monoisotopic (exact) mass is 344 g/mol. The molecule has 5 nitrogen and oxygen atoms in total. The Bertz CT molecular complexity index is 749. The van der Waals surface area contributed by atoms with Gasteiger partial charge >= 0.3 is 0 Å². The Morgan fingerprint density at radius 1 is 1.12 bits per heavy atom.